The minimum atomic E-state index is -0.449. The number of hydrogen-bond donors (Lipinski definition) is 0. The number of carbonyl (C=O) groups excluding carboxylic acids is 1. The van der Waals surface area contributed by atoms with Crippen LogP contribution in [0.2, 0.25) is 0 Å². The summed E-state index contributed by atoms with van der Waals surface area (Å²) in [5.41, 5.74) is 2.39. The molecule has 6 nitrogen and oxygen atoms in total. The van der Waals surface area contributed by atoms with Gasteiger partial charge in [-0.1, -0.05) is 13.0 Å². The molecule has 1 aromatic heterocycles. The van der Waals surface area contributed by atoms with Gasteiger partial charge in [0.25, 0.3) is 5.69 Å². The molecule has 0 aliphatic heterocycles. The van der Waals surface area contributed by atoms with Gasteiger partial charge >= 0.3 is 0 Å². The van der Waals surface area contributed by atoms with Crippen LogP contribution in [0, 0.1) is 17.0 Å². The minimum absolute atomic E-state index is 0.00876. The topological polar surface area (TPSA) is 78.0 Å². The van der Waals surface area contributed by atoms with E-state index in [1.54, 1.807) is 16.9 Å². The van der Waals surface area contributed by atoms with Gasteiger partial charge in [-0.3, -0.25) is 19.6 Å². The number of nitrogens with zero attached hydrogens (tertiary/aromatic N) is 3. The normalized spacial score (nSPS) is 12.1. The molecule has 6 heteroatoms. The van der Waals surface area contributed by atoms with E-state index >= 15 is 0 Å². The maximum Gasteiger partial charge on any atom is 0.270 e. The van der Waals surface area contributed by atoms with E-state index in [0.717, 1.165) is 18.3 Å². The lowest BCUT2D eigenvalue weighted by Gasteiger charge is -2.08. The second-order valence-electron chi connectivity index (χ2n) is 5.04. The Bertz CT molecular complexity index is 691. The molecule has 0 saturated heterocycles. The predicted octanol–water partition coefficient (Wildman–Crippen LogP) is 3.55. The van der Waals surface area contributed by atoms with Gasteiger partial charge in [0.05, 0.1) is 10.5 Å². The largest absolute Gasteiger partial charge is 0.298 e. The van der Waals surface area contributed by atoms with Gasteiger partial charge in [-0.25, -0.2) is 0 Å². The molecule has 0 fully saturated rings. The molecule has 0 aliphatic carbocycles. The van der Waals surface area contributed by atoms with E-state index in [-0.39, 0.29) is 11.7 Å². The molecule has 0 amide bonds. The highest BCUT2D eigenvalue weighted by Gasteiger charge is 2.17. The summed E-state index contributed by atoms with van der Waals surface area (Å²) in [6.07, 6.45) is 3.31. The van der Waals surface area contributed by atoms with E-state index in [9.17, 15) is 14.9 Å². The number of aromatic nitrogens is 2. The third-order valence-electron chi connectivity index (χ3n) is 3.62. The van der Waals surface area contributed by atoms with E-state index in [0.29, 0.717) is 16.8 Å². The number of hydrogen-bond acceptors (Lipinski definition) is 4. The molecule has 2 rings (SSSR count). The molecule has 0 aliphatic rings. The Labute approximate surface area is 122 Å². The van der Waals surface area contributed by atoms with Crippen molar-refractivity contribution in [2.75, 3.05) is 0 Å². The van der Waals surface area contributed by atoms with Crippen LogP contribution < -0.4 is 0 Å². The Balaban J connectivity index is 2.60. The van der Waals surface area contributed by atoms with E-state index in [4.69, 9.17) is 0 Å². The van der Waals surface area contributed by atoms with Crippen molar-refractivity contribution in [1.82, 2.24) is 9.78 Å². The number of benzene rings is 1. The molecule has 0 N–H and O–H groups in total. The van der Waals surface area contributed by atoms with Crippen molar-refractivity contribution in [1.29, 1.82) is 0 Å². The monoisotopic (exact) mass is 287 g/mol. The molecule has 1 heterocycles. The first kappa shape index (κ1) is 14.9. The Morgan fingerprint density at radius 1 is 1.48 bits per heavy atom. The summed E-state index contributed by atoms with van der Waals surface area (Å²) in [6, 6.07) is 4.75. The van der Waals surface area contributed by atoms with Crippen molar-refractivity contribution in [2.45, 2.75) is 33.2 Å². The maximum atomic E-state index is 11.3. The third-order valence-corrected chi connectivity index (χ3v) is 3.62. The second kappa shape index (κ2) is 5.87. The zero-order valence-corrected chi connectivity index (χ0v) is 12.2. The second-order valence-corrected chi connectivity index (χ2v) is 5.04. The highest BCUT2D eigenvalue weighted by Crippen LogP contribution is 2.29. The molecular weight excluding hydrogens is 270 g/mol. The van der Waals surface area contributed by atoms with Gasteiger partial charge in [-0.05, 0) is 25.8 Å². The van der Waals surface area contributed by atoms with Crippen LogP contribution in [-0.4, -0.2) is 21.0 Å². The van der Waals surface area contributed by atoms with Crippen LogP contribution in [0.1, 0.15) is 42.2 Å². The number of nitro benzene ring substituents is 1. The Morgan fingerprint density at radius 3 is 2.76 bits per heavy atom. The summed E-state index contributed by atoms with van der Waals surface area (Å²) in [5, 5.41) is 15.4. The van der Waals surface area contributed by atoms with Crippen molar-refractivity contribution in [2.24, 2.45) is 0 Å². The Kier molecular flexibility index (Phi) is 4.16. The van der Waals surface area contributed by atoms with Crippen molar-refractivity contribution in [3.8, 4) is 11.3 Å². The van der Waals surface area contributed by atoms with Gasteiger partial charge in [0.1, 0.15) is 5.69 Å². The molecule has 21 heavy (non-hydrogen) atoms. The third kappa shape index (κ3) is 2.84. The van der Waals surface area contributed by atoms with Gasteiger partial charge < -0.3 is 0 Å². The standard InChI is InChI=1S/C15H17N3O3/c1-4-11(3)17-8-12(9-19)15(16-17)14-7-13(18(20)21)6-5-10(14)2/h5-9,11H,4H2,1-3H3. The SMILES string of the molecule is CCC(C)n1cc(C=O)c(-c2cc([N+](=O)[O-])ccc2C)n1. The van der Waals surface area contributed by atoms with Crippen molar-refractivity contribution in [3.63, 3.8) is 0 Å². The Morgan fingerprint density at radius 2 is 2.19 bits per heavy atom. The van der Waals surface area contributed by atoms with Crippen LogP contribution >= 0.6 is 0 Å². The maximum absolute atomic E-state index is 11.3. The first-order valence-corrected chi connectivity index (χ1v) is 6.77. The lowest BCUT2D eigenvalue weighted by atomic mass is 10.0. The van der Waals surface area contributed by atoms with Gasteiger partial charge in [-0.15, -0.1) is 0 Å². The van der Waals surface area contributed by atoms with Crippen molar-refractivity contribution in [3.05, 3.63) is 45.6 Å². The first-order valence-electron chi connectivity index (χ1n) is 6.77. The highest BCUT2D eigenvalue weighted by molar-refractivity contribution is 5.86. The summed E-state index contributed by atoms with van der Waals surface area (Å²) < 4.78 is 1.73. The van der Waals surface area contributed by atoms with Crippen LogP contribution in [0.25, 0.3) is 11.3 Å². The Hall–Kier alpha value is -2.50. The van der Waals surface area contributed by atoms with Crippen LogP contribution in [0.5, 0.6) is 0 Å². The molecule has 0 saturated carbocycles. The molecule has 0 spiro atoms. The average Bonchev–Trinajstić information content (AvgIpc) is 2.90. The number of rotatable bonds is 5. The number of aryl methyl sites for hydroxylation is 1. The number of non-ortho nitro benzene ring substituents is 1. The number of carbonyl (C=O) groups is 1. The lowest BCUT2D eigenvalue weighted by molar-refractivity contribution is -0.384. The molecular formula is C15H17N3O3. The number of aldehydes is 1. The van der Waals surface area contributed by atoms with Crippen LogP contribution in [0.3, 0.4) is 0 Å². The molecule has 1 aromatic carbocycles. The molecule has 0 bridgehead atoms. The predicted molar refractivity (Wildman–Crippen MR) is 79.4 cm³/mol. The fraction of sp³-hybridized carbons (Fsp3) is 0.333. The molecule has 110 valence electrons. The van der Waals surface area contributed by atoms with Crippen molar-refractivity contribution < 1.29 is 9.72 Å². The number of nitro groups is 1. The fourth-order valence-corrected chi connectivity index (χ4v) is 2.09. The molecule has 1 atom stereocenters. The van der Waals surface area contributed by atoms with E-state index < -0.39 is 4.92 Å². The zero-order valence-electron chi connectivity index (χ0n) is 12.2. The summed E-state index contributed by atoms with van der Waals surface area (Å²) in [5.74, 6) is 0. The van der Waals surface area contributed by atoms with Gasteiger partial charge in [-0.2, -0.15) is 5.10 Å². The van der Waals surface area contributed by atoms with E-state index in [1.807, 2.05) is 20.8 Å². The highest BCUT2D eigenvalue weighted by atomic mass is 16.6. The molecule has 0 radical (unpaired) electrons. The summed E-state index contributed by atoms with van der Waals surface area (Å²) in [7, 11) is 0. The van der Waals surface area contributed by atoms with E-state index in [2.05, 4.69) is 5.10 Å². The first-order chi connectivity index (χ1) is 9.97. The summed E-state index contributed by atoms with van der Waals surface area (Å²) in [4.78, 5) is 21.7. The smallest absolute Gasteiger partial charge is 0.270 e. The minimum Gasteiger partial charge on any atom is -0.298 e. The summed E-state index contributed by atoms with van der Waals surface area (Å²) >= 11 is 0. The van der Waals surface area contributed by atoms with Crippen LogP contribution in [-0.2, 0) is 0 Å². The molecule has 1 unspecified atom stereocenters. The summed E-state index contributed by atoms with van der Waals surface area (Å²) in [6.45, 7) is 5.88. The fourth-order valence-electron chi connectivity index (χ4n) is 2.09. The van der Waals surface area contributed by atoms with Crippen molar-refractivity contribution >= 4 is 12.0 Å². The zero-order chi connectivity index (χ0) is 15.6. The molecule has 2 aromatic rings. The lowest BCUT2D eigenvalue weighted by Crippen LogP contribution is -2.04. The average molecular weight is 287 g/mol. The van der Waals surface area contributed by atoms with Gasteiger partial charge in [0.2, 0.25) is 0 Å². The van der Waals surface area contributed by atoms with E-state index in [1.165, 1.54) is 12.1 Å². The quantitative estimate of drug-likeness (QED) is 0.478. The van der Waals surface area contributed by atoms with Crippen LogP contribution in [0.15, 0.2) is 24.4 Å². The van der Waals surface area contributed by atoms with Crippen LogP contribution in [0.4, 0.5) is 5.69 Å². The van der Waals surface area contributed by atoms with Gasteiger partial charge in [0.15, 0.2) is 6.29 Å². The van der Waals surface area contributed by atoms with Gasteiger partial charge in [0, 0.05) is 29.9 Å².